The van der Waals surface area contributed by atoms with Crippen molar-refractivity contribution in [3.63, 3.8) is 0 Å². The van der Waals surface area contributed by atoms with Crippen LogP contribution in [0.15, 0.2) is 36.5 Å². The van der Waals surface area contributed by atoms with Crippen LogP contribution < -0.4 is 10.1 Å². The molecule has 1 aromatic heterocycles. The van der Waals surface area contributed by atoms with Gasteiger partial charge in [0, 0.05) is 18.3 Å². The minimum Gasteiger partial charge on any atom is -0.497 e. The van der Waals surface area contributed by atoms with Crippen molar-refractivity contribution in [1.82, 2.24) is 10.3 Å². The lowest BCUT2D eigenvalue weighted by Gasteiger charge is -2.07. The SMILES string of the molecule is COc1cccc(CNC(=O)COC(=O)c2cc(C(C)=O)c[nH]2)c1. The van der Waals surface area contributed by atoms with Gasteiger partial charge >= 0.3 is 5.97 Å². The molecule has 0 radical (unpaired) electrons. The van der Waals surface area contributed by atoms with Gasteiger partial charge in [-0.1, -0.05) is 12.1 Å². The third-order valence-electron chi connectivity index (χ3n) is 3.27. The summed E-state index contributed by atoms with van der Waals surface area (Å²) in [6, 6.07) is 8.65. The van der Waals surface area contributed by atoms with Gasteiger partial charge in [0.1, 0.15) is 11.4 Å². The summed E-state index contributed by atoms with van der Waals surface area (Å²) in [5.41, 5.74) is 1.37. The van der Waals surface area contributed by atoms with E-state index in [1.807, 2.05) is 12.1 Å². The van der Waals surface area contributed by atoms with Crippen LogP contribution in [0.3, 0.4) is 0 Å². The van der Waals surface area contributed by atoms with Crippen molar-refractivity contribution in [3.05, 3.63) is 53.3 Å². The van der Waals surface area contributed by atoms with Crippen molar-refractivity contribution in [2.75, 3.05) is 13.7 Å². The van der Waals surface area contributed by atoms with Gasteiger partial charge in [-0.05, 0) is 30.7 Å². The maximum atomic E-state index is 11.8. The monoisotopic (exact) mass is 330 g/mol. The Hall–Kier alpha value is -3.09. The van der Waals surface area contributed by atoms with Crippen LogP contribution in [-0.2, 0) is 16.1 Å². The van der Waals surface area contributed by atoms with Crippen molar-refractivity contribution >= 4 is 17.7 Å². The Bertz CT molecular complexity index is 751. The maximum Gasteiger partial charge on any atom is 0.355 e. The third-order valence-corrected chi connectivity index (χ3v) is 3.27. The number of ether oxygens (including phenoxy) is 2. The summed E-state index contributed by atoms with van der Waals surface area (Å²) in [5.74, 6) is -0.592. The van der Waals surface area contributed by atoms with E-state index in [1.165, 1.54) is 19.2 Å². The Morgan fingerprint density at radius 2 is 2.00 bits per heavy atom. The number of Topliss-reactive ketones (excluding diaryl/α,β-unsaturated/α-hetero) is 1. The zero-order valence-electron chi connectivity index (χ0n) is 13.4. The lowest BCUT2D eigenvalue weighted by Crippen LogP contribution is -2.28. The van der Waals surface area contributed by atoms with E-state index in [9.17, 15) is 14.4 Å². The lowest BCUT2D eigenvalue weighted by atomic mass is 10.2. The minimum absolute atomic E-state index is 0.126. The highest BCUT2D eigenvalue weighted by atomic mass is 16.5. The standard InChI is InChI=1S/C17H18N2O5/c1-11(20)13-7-15(18-9-13)17(22)24-10-16(21)19-8-12-4-3-5-14(6-12)23-2/h3-7,9,18H,8,10H2,1-2H3,(H,19,21). The van der Waals surface area contributed by atoms with Gasteiger partial charge in [0.15, 0.2) is 12.4 Å². The first-order valence-corrected chi connectivity index (χ1v) is 7.25. The van der Waals surface area contributed by atoms with Crippen molar-refractivity contribution in [2.24, 2.45) is 0 Å². The second kappa shape index (κ2) is 7.96. The summed E-state index contributed by atoms with van der Waals surface area (Å²) in [6.07, 6.45) is 1.42. The lowest BCUT2D eigenvalue weighted by molar-refractivity contribution is -0.124. The first-order chi connectivity index (χ1) is 11.5. The number of aromatic nitrogens is 1. The fourth-order valence-corrected chi connectivity index (χ4v) is 1.96. The second-order valence-electron chi connectivity index (χ2n) is 5.06. The zero-order valence-corrected chi connectivity index (χ0v) is 13.4. The molecule has 0 saturated heterocycles. The van der Waals surface area contributed by atoms with Crippen LogP contribution in [0.1, 0.15) is 33.3 Å². The molecule has 0 aliphatic rings. The molecule has 126 valence electrons. The normalized spacial score (nSPS) is 10.1. The molecule has 0 aliphatic heterocycles. The Balaban J connectivity index is 1.79. The molecular weight excluding hydrogens is 312 g/mol. The molecule has 0 atom stereocenters. The molecule has 24 heavy (non-hydrogen) atoms. The Morgan fingerprint density at radius 3 is 2.67 bits per heavy atom. The predicted molar refractivity (Wildman–Crippen MR) is 85.9 cm³/mol. The Kier molecular flexibility index (Phi) is 5.73. The molecule has 7 heteroatoms. The summed E-state index contributed by atoms with van der Waals surface area (Å²) in [4.78, 5) is 37.3. The summed E-state index contributed by atoms with van der Waals surface area (Å²) < 4.78 is 10.00. The summed E-state index contributed by atoms with van der Waals surface area (Å²) in [5, 5.41) is 2.64. The molecule has 1 amide bonds. The van der Waals surface area contributed by atoms with Crippen LogP contribution in [0.25, 0.3) is 0 Å². The third kappa shape index (κ3) is 4.70. The number of ketones is 1. The number of nitrogens with one attached hydrogen (secondary N) is 2. The van der Waals surface area contributed by atoms with E-state index in [0.717, 1.165) is 5.56 Å². The van der Waals surface area contributed by atoms with E-state index in [2.05, 4.69) is 10.3 Å². The van der Waals surface area contributed by atoms with Crippen LogP contribution in [0.5, 0.6) is 5.75 Å². The molecule has 0 saturated carbocycles. The maximum absolute atomic E-state index is 11.8. The van der Waals surface area contributed by atoms with E-state index in [4.69, 9.17) is 9.47 Å². The molecule has 2 N–H and O–H groups in total. The van der Waals surface area contributed by atoms with E-state index in [1.54, 1.807) is 19.2 Å². The Morgan fingerprint density at radius 1 is 1.21 bits per heavy atom. The molecule has 0 unspecified atom stereocenters. The predicted octanol–water partition coefficient (Wildman–Crippen LogP) is 1.70. The number of aromatic amines is 1. The number of carbonyl (C=O) groups is 3. The van der Waals surface area contributed by atoms with Crippen LogP contribution in [0, 0.1) is 0 Å². The van der Waals surface area contributed by atoms with E-state index >= 15 is 0 Å². The fourth-order valence-electron chi connectivity index (χ4n) is 1.96. The van der Waals surface area contributed by atoms with Gasteiger partial charge in [-0.2, -0.15) is 0 Å². The highest BCUT2D eigenvalue weighted by Crippen LogP contribution is 2.12. The van der Waals surface area contributed by atoms with Gasteiger partial charge < -0.3 is 19.8 Å². The van der Waals surface area contributed by atoms with Gasteiger partial charge in [0.05, 0.1) is 7.11 Å². The zero-order chi connectivity index (χ0) is 17.5. The minimum atomic E-state index is -0.695. The van der Waals surface area contributed by atoms with Gasteiger partial charge in [-0.25, -0.2) is 4.79 Å². The molecular formula is C17H18N2O5. The van der Waals surface area contributed by atoms with Gasteiger partial charge in [0.2, 0.25) is 0 Å². The summed E-state index contributed by atoms with van der Waals surface area (Å²) in [7, 11) is 1.56. The molecule has 2 aromatic rings. The number of esters is 1. The van der Waals surface area contributed by atoms with Crippen molar-refractivity contribution in [1.29, 1.82) is 0 Å². The Labute approximate surface area is 139 Å². The number of benzene rings is 1. The molecule has 2 rings (SSSR count). The number of H-pyrrole nitrogens is 1. The number of carbonyl (C=O) groups excluding carboxylic acids is 3. The second-order valence-corrected chi connectivity index (χ2v) is 5.06. The molecule has 1 aromatic carbocycles. The molecule has 7 nitrogen and oxygen atoms in total. The first-order valence-electron chi connectivity index (χ1n) is 7.25. The van der Waals surface area contributed by atoms with Gasteiger partial charge in [-0.3, -0.25) is 9.59 Å². The quantitative estimate of drug-likeness (QED) is 0.595. The van der Waals surface area contributed by atoms with Crippen LogP contribution in [0.2, 0.25) is 0 Å². The number of hydrogen-bond donors (Lipinski definition) is 2. The summed E-state index contributed by atoms with van der Waals surface area (Å²) >= 11 is 0. The number of hydrogen-bond acceptors (Lipinski definition) is 5. The van der Waals surface area contributed by atoms with Crippen LogP contribution >= 0.6 is 0 Å². The van der Waals surface area contributed by atoms with Crippen molar-refractivity contribution in [2.45, 2.75) is 13.5 Å². The van der Waals surface area contributed by atoms with Crippen LogP contribution in [-0.4, -0.2) is 36.4 Å². The van der Waals surface area contributed by atoms with Gasteiger partial charge in [0.25, 0.3) is 5.91 Å². The number of amides is 1. The highest BCUT2D eigenvalue weighted by molar-refractivity contribution is 5.97. The average molecular weight is 330 g/mol. The van der Waals surface area contributed by atoms with E-state index in [-0.39, 0.29) is 11.5 Å². The molecule has 0 aliphatic carbocycles. The molecule has 1 heterocycles. The van der Waals surface area contributed by atoms with Crippen molar-refractivity contribution in [3.8, 4) is 5.75 Å². The highest BCUT2D eigenvalue weighted by Gasteiger charge is 2.13. The van der Waals surface area contributed by atoms with Gasteiger partial charge in [-0.15, -0.1) is 0 Å². The smallest absolute Gasteiger partial charge is 0.355 e. The van der Waals surface area contributed by atoms with E-state index < -0.39 is 18.5 Å². The first kappa shape index (κ1) is 17.3. The topological polar surface area (TPSA) is 97.5 Å². The molecule has 0 spiro atoms. The number of rotatable bonds is 7. The fraction of sp³-hybridized carbons (Fsp3) is 0.235. The average Bonchev–Trinajstić information content (AvgIpc) is 3.08. The molecule has 0 bridgehead atoms. The van der Waals surface area contributed by atoms with Crippen LogP contribution in [0.4, 0.5) is 0 Å². The molecule has 0 fully saturated rings. The van der Waals surface area contributed by atoms with Crippen molar-refractivity contribution < 1.29 is 23.9 Å². The number of methoxy groups -OCH3 is 1. The van der Waals surface area contributed by atoms with E-state index in [0.29, 0.717) is 17.9 Å². The summed E-state index contributed by atoms with van der Waals surface area (Å²) in [6.45, 7) is 1.28. The largest absolute Gasteiger partial charge is 0.497 e.